The van der Waals surface area contributed by atoms with Crippen molar-refractivity contribution in [3.05, 3.63) is 30.0 Å². The lowest BCUT2D eigenvalue weighted by atomic mass is 9.78. The molecule has 1 aromatic carbocycles. The van der Waals surface area contributed by atoms with Gasteiger partial charge in [-0.25, -0.2) is 0 Å². The molecule has 2 aromatic heterocycles. The van der Waals surface area contributed by atoms with Gasteiger partial charge in [-0.3, -0.25) is 4.68 Å². The number of anilines is 2. The van der Waals surface area contributed by atoms with Gasteiger partial charge in [-0.2, -0.15) is 15.1 Å². The van der Waals surface area contributed by atoms with Crippen LogP contribution in [0.4, 0.5) is 11.8 Å². The molecule has 1 saturated carbocycles. The van der Waals surface area contributed by atoms with Crippen LogP contribution in [0.15, 0.2) is 24.4 Å². The third-order valence-electron chi connectivity index (χ3n) is 5.92. The van der Waals surface area contributed by atoms with Crippen LogP contribution in [0.25, 0.3) is 11.0 Å². The first-order valence-corrected chi connectivity index (χ1v) is 9.74. The summed E-state index contributed by atoms with van der Waals surface area (Å²) in [7, 11) is 1.85. The Balaban J connectivity index is 1.44. The SMILES string of the molecule is Cn1ncc2c(N)nc(NCC3(c4ccc5c(c4)OCCO5)CCCC3)nc21. The molecule has 0 atom stereocenters. The molecule has 1 fully saturated rings. The normalized spacial score (nSPS) is 17.8. The smallest absolute Gasteiger partial charge is 0.226 e. The summed E-state index contributed by atoms with van der Waals surface area (Å²) < 4.78 is 13.2. The second kappa shape index (κ2) is 6.54. The van der Waals surface area contributed by atoms with Crippen molar-refractivity contribution in [3.8, 4) is 11.5 Å². The molecule has 146 valence electrons. The summed E-state index contributed by atoms with van der Waals surface area (Å²) in [6.07, 6.45) is 6.34. The molecule has 5 rings (SSSR count). The molecule has 0 spiro atoms. The number of rotatable bonds is 4. The van der Waals surface area contributed by atoms with Gasteiger partial charge in [0.25, 0.3) is 0 Å². The number of benzene rings is 1. The Bertz CT molecular complexity index is 1020. The summed E-state index contributed by atoms with van der Waals surface area (Å²) in [5.41, 5.74) is 8.13. The molecular weight excluding hydrogens is 356 g/mol. The second-order valence-corrected chi connectivity index (χ2v) is 7.64. The average molecular weight is 380 g/mol. The molecule has 3 N–H and O–H groups in total. The van der Waals surface area contributed by atoms with Crippen molar-refractivity contribution in [2.45, 2.75) is 31.1 Å². The molecule has 8 nitrogen and oxygen atoms in total. The lowest BCUT2D eigenvalue weighted by Gasteiger charge is -2.31. The van der Waals surface area contributed by atoms with E-state index in [1.165, 1.54) is 18.4 Å². The summed E-state index contributed by atoms with van der Waals surface area (Å²) in [5.74, 6) is 2.65. The van der Waals surface area contributed by atoms with Crippen molar-refractivity contribution in [1.29, 1.82) is 0 Å². The molecule has 0 saturated heterocycles. The highest BCUT2D eigenvalue weighted by Gasteiger charge is 2.36. The zero-order valence-electron chi connectivity index (χ0n) is 15.9. The van der Waals surface area contributed by atoms with E-state index in [1.54, 1.807) is 10.9 Å². The Morgan fingerprint density at radius 2 is 1.93 bits per heavy atom. The number of hydrogen-bond acceptors (Lipinski definition) is 7. The molecule has 3 aromatic rings. The van der Waals surface area contributed by atoms with Gasteiger partial charge in [0.1, 0.15) is 19.0 Å². The lowest BCUT2D eigenvalue weighted by molar-refractivity contribution is 0.171. The second-order valence-electron chi connectivity index (χ2n) is 7.64. The highest BCUT2D eigenvalue weighted by atomic mass is 16.6. The van der Waals surface area contributed by atoms with Crippen LogP contribution in [0.2, 0.25) is 0 Å². The van der Waals surface area contributed by atoms with E-state index in [0.29, 0.717) is 25.0 Å². The van der Waals surface area contributed by atoms with Crippen LogP contribution in [0, 0.1) is 0 Å². The molecule has 0 unspecified atom stereocenters. The van der Waals surface area contributed by atoms with Gasteiger partial charge in [-0.1, -0.05) is 18.9 Å². The zero-order chi connectivity index (χ0) is 19.1. The number of nitrogens with zero attached hydrogens (tertiary/aromatic N) is 4. The molecule has 28 heavy (non-hydrogen) atoms. The maximum Gasteiger partial charge on any atom is 0.226 e. The first kappa shape index (κ1) is 17.1. The van der Waals surface area contributed by atoms with Crippen molar-refractivity contribution in [2.24, 2.45) is 7.05 Å². The Hall–Kier alpha value is -3.03. The molecule has 8 heteroatoms. The fourth-order valence-corrected chi connectivity index (χ4v) is 4.36. The fourth-order valence-electron chi connectivity index (χ4n) is 4.36. The van der Waals surface area contributed by atoms with Gasteiger partial charge in [-0.05, 0) is 30.5 Å². The van der Waals surface area contributed by atoms with Crippen LogP contribution in [-0.4, -0.2) is 39.5 Å². The van der Waals surface area contributed by atoms with Gasteiger partial charge in [0.15, 0.2) is 17.1 Å². The Labute approximate surface area is 163 Å². The average Bonchev–Trinajstić information content (AvgIpc) is 3.34. The van der Waals surface area contributed by atoms with E-state index >= 15 is 0 Å². The van der Waals surface area contributed by atoms with Crippen molar-refractivity contribution >= 4 is 22.8 Å². The summed E-state index contributed by atoms with van der Waals surface area (Å²) >= 11 is 0. The topological polar surface area (TPSA) is 100 Å². The molecule has 1 aliphatic heterocycles. The van der Waals surface area contributed by atoms with Gasteiger partial charge in [0, 0.05) is 19.0 Å². The van der Waals surface area contributed by atoms with Gasteiger partial charge in [0.05, 0.1) is 11.6 Å². The quantitative estimate of drug-likeness (QED) is 0.718. The van der Waals surface area contributed by atoms with E-state index < -0.39 is 0 Å². The summed E-state index contributed by atoms with van der Waals surface area (Å²) in [6, 6.07) is 6.33. The molecule has 3 heterocycles. The monoisotopic (exact) mass is 380 g/mol. The van der Waals surface area contributed by atoms with Gasteiger partial charge in [-0.15, -0.1) is 0 Å². The van der Waals surface area contributed by atoms with Gasteiger partial charge in [0.2, 0.25) is 5.95 Å². The van der Waals surface area contributed by atoms with E-state index in [1.807, 2.05) is 13.1 Å². The van der Waals surface area contributed by atoms with Crippen LogP contribution >= 0.6 is 0 Å². The molecule has 1 aliphatic carbocycles. The molecular formula is C20H24N6O2. The van der Waals surface area contributed by atoms with Crippen LogP contribution in [0.5, 0.6) is 11.5 Å². The lowest BCUT2D eigenvalue weighted by Crippen LogP contribution is -2.32. The van der Waals surface area contributed by atoms with Crippen LogP contribution < -0.4 is 20.5 Å². The van der Waals surface area contributed by atoms with Crippen LogP contribution in [0.1, 0.15) is 31.2 Å². The molecule has 0 radical (unpaired) electrons. The minimum Gasteiger partial charge on any atom is -0.486 e. The van der Waals surface area contributed by atoms with E-state index in [4.69, 9.17) is 15.2 Å². The highest BCUT2D eigenvalue weighted by molar-refractivity contribution is 5.86. The number of nitrogens with one attached hydrogen (secondary N) is 1. The number of aromatic nitrogens is 4. The van der Waals surface area contributed by atoms with Crippen molar-refractivity contribution < 1.29 is 9.47 Å². The number of nitrogens with two attached hydrogens (primary N) is 1. The van der Waals surface area contributed by atoms with Crippen LogP contribution in [-0.2, 0) is 12.5 Å². The predicted molar refractivity (Wildman–Crippen MR) is 107 cm³/mol. The highest BCUT2D eigenvalue weighted by Crippen LogP contribution is 2.44. The standard InChI is InChI=1S/C20H24N6O2/c1-26-18-14(11-23-26)17(21)24-19(25-18)22-12-20(6-2-3-7-20)13-4-5-15-16(10-13)28-9-8-27-15/h4-5,10-11H,2-3,6-9,12H2,1H3,(H3,21,22,24,25). The molecule has 2 aliphatic rings. The fraction of sp³-hybridized carbons (Fsp3) is 0.450. The minimum atomic E-state index is 0.0232. The predicted octanol–water partition coefficient (Wildman–Crippen LogP) is 2.64. The summed E-state index contributed by atoms with van der Waals surface area (Å²) in [6.45, 7) is 1.95. The molecule has 0 amide bonds. The van der Waals surface area contributed by atoms with E-state index in [-0.39, 0.29) is 5.41 Å². The van der Waals surface area contributed by atoms with Crippen molar-refractivity contribution in [3.63, 3.8) is 0 Å². The van der Waals surface area contributed by atoms with E-state index in [2.05, 4.69) is 32.5 Å². The largest absolute Gasteiger partial charge is 0.486 e. The molecule has 0 bridgehead atoms. The number of ether oxygens (including phenoxy) is 2. The number of nitrogen functional groups attached to an aromatic ring is 1. The third kappa shape index (κ3) is 2.80. The van der Waals surface area contributed by atoms with Crippen molar-refractivity contribution in [1.82, 2.24) is 19.7 Å². The maximum atomic E-state index is 6.10. The maximum absolute atomic E-state index is 6.10. The van der Waals surface area contributed by atoms with E-state index in [9.17, 15) is 0 Å². The van der Waals surface area contributed by atoms with Gasteiger partial charge < -0.3 is 20.5 Å². The third-order valence-corrected chi connectivity index (χ3v) is 5.92. The number of aryl methyl sites for hydroxylation is 1. The Morgan fingerprint density at radius 3 is 2.75 bits per heavy atom. The first-order chi connectivity index (χ1) is 13.6. The number of hydrogen-bond donors (Lipinski definition) is 2. The van der Waals surface area contributed by atoms with Gasteiger partial charge >= 0.3 is 0 Å². The van der Waals surface area contributed by atoms with Crippen LogP contribution in [0.3, 0.4) is 0 Å². The van der Waals surface area contributed by atoms with Crippen molar-refractivity contribution in [2.75, 3.05) is 30.8 Å². The number of fused-ring (bicyclic) bond motifs is 2. The summed E-state index contributed by atoms with van der Waals surface area (Å²) in [4.78, 5) is 9.03. The minimum absolute atomic E-state index is 0.0232. The first-order valence-electron chi connectivity index (χ1n) is 9.74. The zero-order valence-corrected chi connectivity index (χ0v) is 15.9. The Morgan fingerprint density at radius 1 is 1.14 bits per heavy atom. The Kier molecular flexibility index (Phi) is 3.99. The summed E-state index contributed by atoms with van der Waals surface area (Å²) in [5, 5.41) is 8.43. The van der Waals surface area contributed by atoms with E-state index in [0.717, 1.165) is 41.9 Å².